The van der Waals surface area contributed by atoms with Gasteiger partial charge in [-0.3, -0.25) is 14.2 Å². The molecule has 5 rings (SSSR count). The predicted molar refractivity (Wildman–Crippen MR) is 112 cm³/mol. The van der Waals surface area contributed by atoms with Gasteiger partial charge in [0.25, 0.3) is 5.56 Å². The fraction of sp³-hybridized carbons (Fsp3) is 0.227. The Morgan fingerprint density at radius 3 is 2.73 bits per heavy atom. The van der Waals surface area contributed by atoms with E-state index in [2.05, 4.69) is 15.3 Å². The molecule has 1 amide bonds. The molecule has 0 bridgehead atoms. The van der Waals surface area contributed by atoms with Crippen molar-refractivity contribution in [2.45, 2.75) is 26.4 Å². The van der Waals surface area contributed by atoms with E-state index >= 15 is 0 Å². The summed E-state index contributed by atoms with van der Waals surface area (Å²) in [4.78, 5) is 31.8. The molecule has 0 aliphatic carbocycles. The number of hydrogen-bond acceptors (Lipinski definition) is 5. The highest BCUT2D eigenvalue weighted by Crippen LogP contribution is 2.27. The molecule has 0 saturated heterocycles. The number of para-hydroxylation sites is 1. The van der Waals surface area contributed by atoms with Crippen LogP contribution in [0.1, 0.15) is 16.7 Å². The maximum Gasteiger partial charge on any atom is 0.283 e. The quantitative estimate of drug-likeness (QED) is 0.523. The fourth-order valence-corrected chi connectivity index (χ4v) is 3.80. The Balaban J connectivity index is 1.40. The van der Waals surface area contributed by atoms with Crippen molar-refractivity contribution in [3.8, 4) is 0 Å². The van der Waals surface area contributed by atoms with Crippen LogP contribution in [0.5, 0.6) is 0 Å². The second-order valence-corrected chi connectivity index (χ2v) is 7.51. The number of benzene rings is 2. The van der Waals surface area contributed by atoms with Crippen LogP contribution in [0.4, 0.5) is 5.69 Å². The van der Waals surface area contributed by atoms with Crippen molar-refractivity contribution in [2.75, 3.05) is 11.4 Å². The van der Waals surface area contributed by atoms with Crippen LogP contribution in [-0.4, -0.2) is 37.0 Å². The maximum atomic E-state index is 12.9. The molecule has 1 aliphatic rings. The molecule has 2 aromatic carbocycles. The smallest absolute Gasteiger partial charge is 0.283 e. The summed E-state index contributed by atoms with van der Waals surface area (Å²) < 4.78 is 2.90. The molecule has 0 fully saturated rings. The van der Waals surface area contributed by atoms with Gasteiger partial charge in [-0.05, 0) is 30.5 Å². The molecular weight excluding hydrogens is 380 g/mol. The number of hydrogen-bond donors (Lipinski definition) is 0. The van der Waals surface area contributed by atoms with Crippen LogP contribution in [0, 0.1) is 6.92 Å². The molecule has 2 aromatic heterocycles. The third-order valence-corrected chi connectivity index (χ3v) is 5.44. The standard InChI is InChI=1S/C22H20N6O2/c1-15-6-8-16(9-7-15)12-28-21-20(24-25-28)22(30)26(14-23-21)13-19(29)27-11-10-17-4-2-3-5-18(17)27/h2-9,14H,10-13H2,1H3. The number of carbonyl (C=O) groups excluding carboxylic acids is 1. The molecule has 0 N–H and O–H groups in total. The van der Waals surface area contributed by atoms with Crippen LogP contribution in [0.25, 0.3) is 11.2 Å². The van der Waals surface area contributed by atoms with Gasteiger partial charge in [-0.25, -0.2) is 9.67 Å². The van der Waals surface area contributed by atoms with E-state index in [0.29, 0.717) is 18.7 Å². The molecule has 30 heavy (non-hydrogen) atoms. The van der Waals surface area contributed by atoms with Gasteiger partial charge in [0.15, 0.2) is 11.2 Å². The third-order valence-electron chi connectivity index (χ3n) is 5.44. The summed E-state index contributed by atoms with van der Waals surface area (Å²) in [6, 6.07) is 15.9. The summed E-state index contributed by atoms with van der Waals surface area (Å²) in [6.45, 7) is 3.04. The lowest BCUT2D eigenvalue weighted by Crippen LogP contribution is -2.35. The second kappa shape index (κ2) is 7.22. The first-order valence-corrected chi connectivity index (χ1v) is 9.82. The molecule has 0 atom stereocenters. The van der Waals surface area contributed by atoms with Crippen molar-refractivity contribution < 1.29 is 4.79 Å². The van der Waals surface area contributed by atoms with Crippen LogP contribution in [0.15, 0.2) is 59.7 Å². The number of fused-ring (bicyclic) bond motifs is 2. The lowest BCUT2D eigenvalue weighted by Gasteiger charge is -2.17. The van der Waals surface area contributed by atoms with Crippen LogP contribution >= 0.6 is 0 Å². The number of rotatable bonds is 4. The van der Waals surface area contributed by atoms with E-state index in [0.717, 1.165) is 23.2 Å². The predicted octanol–water partition coefficient (Wildman–Crippen LogP) is 1.93. The minimum Gasteiger partial charge on any atom is -0.310 e. The van der Waals surface area contributed by atoms with E-state index in [1.807, 2.05) is 55.5 Å². The number of aryl methyl sites for hydroxylation is 1. The van der Waals surface area contributed by atoms with E-state index in [1.54, 1.807) is 9.58 Å². The van der Waals surface area contributed by atoms with Gasteiger partial charge in [0.05, 0.1) is 6.54 Å². The molecule has 8 heteroatoms. The van der Waals surface area contributed by atoms with Gasteiger partial charge in [-0.1, -0.05) is 53.2 Å². The Morgan fingerprint density at radius 1 is 1.10 bits per heavy atom. The first kappa shape index (κ1) is 18.2. The minimum atomic E-state index is -0.365. The summed E-state index contributed by atoms with van der Waals surface area (Å²) in [5.41, 5.74) is 4.49. The second-order valence-electron chi connectivity index (χ2n) is 7.51. The Bertz CT molecular complexity index is 1310. The van der Waals surface area contributed by atoms with Crippen LogP contribution < -0.4 is 10.5 Å². The van der Waals surface area contributed by atoms with Crippen LogP contribution in [-0.2, 0) is 24.3 Å². The average molecular weight is 400 g/mol. The molecule has 3 heterocycles. The summed E-state index contributed by atoms with van der Waals surface area (Å²) in [5, 5.41) is 8.12. The van der Waals surface area contributed by atoms with E-state index in [4.69, 9.17) is 0 Å². The van der Waals surface area contributed by atoms with Crippen LogP contribution in [0.3, 0.4) is 0 Å². The topological polar surface area (TPSA) is 85.9 Å². The van der Waals surface area contributed by atoms with Crippen molar-refractivity contribution in [1.29, 1.82) is 0 Å². The Hall–Kier alpha value is -3.81. The van der Waals surface area contributed by atoms with Crippen molar-refractivity contribution in [3.05, 3.63) is 81.9 Å². The lowest BCUT2D eigenvalue weighted by atomic mass is 10.1. The molecule has 0 spiro atoms. The van der Waals surface area contributed by atoms with Gasteiger partial charge < -0.3 is 4.90 Å². The highest BCUT2D eigenvalue weighted by molar-refractivity contribution is 5.95. The molecule has 0 saturated carbocycles. The van der Waals surface area contributed by atoms with Crippen molar-refractivity contribution in [1.82, 2.24) is 24.5 Å². The van der Waals surface area contributed by atoms with Crippen molar-refractivity contribution in [2.24, 2.45) is 0 Å². The number of amides is 1. The molecule has 1 aliphatic heterocycles. The summed E-state index contributed by atoms with van der Waals surface area (Å²) in [6.07, 6.45) is 2.22. The first-order chi connectivity index (χ1) is 14.6. The van der Waals surface area contributed by atoms with Gasteiger partial charge in [-0.2, -0.15) is 0 Å². The van der Waals surface area contributed by atoms with Crippen LogP contribution in [0.2, 0.25) is 0 Å². The lowest BCUT2D eigenvalue weighted by molar-refractivity contribution is -0.119. The summed E-state index contributed by atoms with van der Waals surface area (Å²) in [5.74, 6) is -0.143. The monoisotopic (exact) mass is 400 g/mol. The SMILES string of the molecule is Cc1ccc(Cn2nnc3c(=O)n(CC(=O)N4CCc5ccccc54)cnc32)cc1. The van der Waals surface area contributed by atoms with Crippen molar-refractivity contribution >= 4 is 22.8 Å². The zero-order chi connectivity index (χ0) is 20.7. The third kappa shape index (κ3) is 3.16. The van der Waals surface area contributed by atoms with Gasteiger partial charge in [-0.15, -0.1) is 5.10 Å². The molecule has 0 radical (unpaired) electrons. The summed E-state index contributed by atoms with van der Waals surface area (Å²) in [7, 11) is 0. The van der Waals surface area contributed by atoms with E-state index in [9.17, 15) is 9.59 Å². The maximum absolute atomic E-state index is 12.9. The van der Waals surface area contributed by atoms with E-state index in [-0.39, 0.29) is 23.5 Å². The zero-order valence-electron chi connectivity index (χ0n) is 16.5. The summed E-state index contributed by atoms with van der Waals surface area (Å²) >= 11 is 0. The Morgan fingerprint density at radius 2 is 1.90 bits per heavy atom. The average Bonchev–Trinajstić information content (AvgIpc) is 3.36. The minimum absolute atomic E-state index is 0.0824. The fourth-order valence-electron chi connectivity index (χ4n) is 3.80. The Labute approximate surface area is 172 Å². The number of anilines is 1. The zero-order valence-corrected chi connectivity index (χ0v) is 16.5. The number of aromatic nitrogens is 5. The number of nitrogens with zero attached hydrogens (tertiary/aromatic N) is 6. The molecule has 150 valence electrons. The largest absolute Gasteiger partial charge is 0.310 e. The van der Waals surface area contributed by atoms with Gasteiger partial charge in [0.2, 0.25) is 5.91 Å². The van der Waals surface area contributed by atoms with Gasteiger partial charge >= 0.3 is 0 Å². The van der Waals surface area contributed by atoms with E-state index in [1.165, 1.54) is 16.5 Å². The normalized spacial score (nSPS) is 13.0. The molecular formula is C22H20N6O2. The molecule has 8 nitrogen and oxygen atoms in total. The first-order valence-electron chi connectivity index (χ1n) is 9.82. The highest BCUT2D eigenvalue weighted by atomic mass is 16.2. The van der Waals surface area contributed by atoms with Crippen molar-refractivity contribution in [3.63, 3.8) is 0 Å². The number of carbonyl (C=O) groups is 1. The Kier molecular flexibility index (Phi) is 4.39. The molecule has 0 unspecified atom stereocenters. The van der Waals surface area contributed by atoms with E-state index < -0.39 is 0 Å². The molecule has 4 aromatic rings. The van der Waals surface area contributed by atoms with Gasteiger partial charge in [0.1, 0.15) is 12.9 Å². The van der Waals surface area contributed by atoms with Gasteiger partial charge in [0, 0.05) is 12.2 Å². The highest BCUT2D eigenvalue weighted by Gasteiger charge is 2.25.